The summed E-state index contributed by atoms with van der Waals surface area (Å²) in [4.78, 5) is 19.3. The number of hydroxylamine groups is 1. The molecule has 2 aromatic rings. The summed E-state index contributed by atoms with van der Waals surface area (Å²) in [5.74, 6) is -0.772. The summed E-state index contributed by atoms with van der Waals surface area (Å²) in [6.45, 7) is -0.184. The summed E-state index contributed by atoms with van der Waals surface area (Å²) in [6.07, 6.45) is 1.69. The molecule has 2 saturated heterocycles. The molecule has 0 bridgehead atoms. The lowest BCUT2D eigenvalue weighted by Crippen LogP contribution is -2.62. The number of benzene rings is 1. The van der Waals surface area contributed by atoms with E-state index in [-0.39, 0.29) is 23.8 Å². The molecule has 1 aromatic carbocycles. The van der Waals surface area contributed by atoms with Crippen molar-refractivity contribution in [3.63, 3.8) is 0 Å². The van der Waals surface area contributed by atoms with E-state index in [1.807, 2.05) is 0 Å². The van der Waals surface area contributed by atoms with E-state index < -0.39 is 38.5 Å². The lowest BCUT2D eigenvalue weighted by atomic mass is 10.2. The second-order valence-corrected chi connectivity index (χ2v) is 14.6. The first-order valence-electron chi connectivity index (χ1n) is 11.6. The molecule has 3 heterocycles. The van der Waals surface area contributed by atoms with Gasteiger partial charge in [-0.1, -0.05) is 23.7 Å². The maximum absolute atomic E-state index is 13.7. The minimum atomic E-state index is -4.14. The Morgan fingerprint density at radius 3 is 2.49 bits per heavy atom. The van der Waals surface area contributed by atoms with Crippen molar-refractivity contribution in [1.82, 2.24) is 18.4 Å². The van der Waals surface area contributed by atoms with Crippen LogP contribution in [0.3, 0.4) is 0 Å². The predicted molar refractivity (Wildman–Crippen MR) is 139 cm³/mol. The topological polar surface area (TPSA) is 126 Å². The minimum Gasteiger partial charge on any atom is -0.350 e. The van der Waals surface area contributed by atoms with Gasteiger partial charge < -0.3 is 4.74 Å². The lowest BCUT2D eigenvalue weighted by molar-refractivity contribution is -0.202. The Kier molecular flexibility index (Phi) is 8.93. The normalized spacial score (nSPS) is 22.3. The van der Waals surface area contributed by atoms with E-state index in [0.717, 1.165) is 42.7 Å². The Morgan fingerprint density at radius 2 is 1.84 bits per heavy atom. The summed E-state index contributed by atoms with van der Waals surface area (Å²) >= 11 is 7.02. The number of hydrogen-bond donors (Lipinski definition) is 1. The molecule has 0 radical (unpaired) electrons. The Labute approximate surface area is 226 Å². The molecule has 37 heavy (non-hydrogen) atoms. The summed E-state index contributed by atoms with van der Waals surface area (Å²) in [5.41, 5.74) is 3.10. The van der Waals surface area contributed by atoms with E-state index in [0.29, 0.717) is 22.9 Å². The molecule has 1 N–H and O–H groups in total. The first kappa shape index (κ1) is 28.4. The number of sulfonamides is 1. The number of amides is 1. The van der Waals surface area contributed by atoms with Gasteiger partial charge in [0.2, 0.25) is 0 Å². The molecule has 0 aliphatic carbocycles. The van der Waals surface area contributed by atoms with Gasteiger partial charge in [-0.25, -0.2) is 18.7 Å². The van der Waals surface area contributed by atoms with Gasteiger partial charge in [0.05, 0.1) is 0 Å². The largest absolute Gasteiger partial charge is 0.350 e. The highest BCUT2D eigenvalue weighted by Crippen LogP contribution is 2.34. The van der Waals surface area contributed by atoms with Crippen LogP contribution in [-0.4, -0.2) is 88.3 Å². The fourth-order valence-electron chi connectivity index (χ4n) is 4.02. The molecule has 1 aromatic heterocycles. The maximum atomic E-state index is 13.7. The zero-order valence-corrected chi connectivity index (χ0v) is 23.6. The molecule has 2 atom stereocenters. The average Bonchev–Trinajstić information content (AvgIpc) is 3.39. The molecule has 0 spiro atoms. The molecule has 204 valence electrons. The van der Waals surface area contributed by atoms with Crippen molar-refractivity contribution in [2.24, 2.45) is 0 Å². The number of piperazine rings is 1. The van der Waals surface area contributed by atoms with Crippen molar-refractivity contribution in [1.29, 1.82) is 0 Å². The van der Waals surface area contributed by atoms with E-state index in [9.17, 15) is 21.6 Å². The van der Waals surface area contributed by atoms with Gasteiger partial charge >= 0.3 is 0 Å². The van der Waals surface area contributed by atoms with Crippen molar-refractivity contribution in [3.05, 3.63) is 41.4 Å². The van der Waals surface area contributed by atoms with E-state index in [1.165, 1.54) is 20.2 Å². The van der Waals surface area contributed by atoms with Gasteiger partial charge in [-0.05, 0) is 42.7 Å². The van der Waals surface area contributed by atoms with Gasteiger partial charge in [0.15, 0.2) is 6.29 Å². The second kappa shape index (κ2) is 11.6. The number of hydrogen-bond acceptors (Lipinski definition) is 8. The number of nitrogens with one attached hydrogen (secondary N) is 1. The first-order chi connectivity index (χ1) is 17.5. The van der Waals surface area contributed by atoms with Crippen molar-refractivity contribution in [3.8, 4) is 10.4 Å². The van der Waals surface area contributed by atoms with E-state index >= 15 is 0 Å². The zero-order chi connectivity index (χ0) is 26.8. The number of carbonyl (C=O) groups excluding carboxylic acids is 1. The van der Waals surface area contributed by atoms with Crippen LogP contribution in [0.5, 0.6) is 0 Å². The summed E-state index contributed by atoms with van der Waals surface area (Å²) in [7, 11) is -5.27. The number of nitrogens with zero attached hydrogens (tertiary/aromatic N) is 3. The molecule has 4 rings (SSSR count). The third kappa shape index (κ3) is 6.34. The third-order valence-electron chi connectivity index (χ3n) is 6.09. The quantitative estimate of drug-likeness (QED) is 0.465. The van der Waals surface area contributed by atoms with Crippen LogP contribution in [0, 0.1) is 0 Å². The van der Waals surface area contributed by atoms with Crippen LogP contribution in [0.15, 0.2) is 40.6 Å². The third-order valence-corrected chi connectivity index (χ3v) is 11.8. The molecule has 15 heteroatoms. The molecular weight excluding hydrogens is 564 g/mol. The van der Waals surface area contributed by atoms with Crippen molar-refractivity contribution >= 4 is 49.1 Å². The summed E-state index contributed by atoms with van der Waals surface area (Å²) < 4.78 is 61.5. The highest BCUT2D eigenvalue weighted by molar-refractivity contribution is 7.91. The van der Waals surface area contributed by atoms with Gasteiger partial charge in [0, 0.05) is 56.7 Å². The van der Waals surface area contributed by atoms with Crippen LogP contribution < -0.4 is 5.48 Å². The molecule has 11 nitrogen and oxygen atoms in total. The van der Waals surface area contributed by atoms with Crippen molar-refractivity contribution in [2.75, 3.05) is 40.3 Å². The molecule has 1 amide bonds. The number of halogens is 1. The minimum absolute atomic E-state index is 0.0377. The Bertz CT molecular complexity index is 1310. The van der Waals surface area contributed by atoms with Gasteiger partial charge in [-0.3, -0.25) is 4.79 Å². The zero-order valence-electron chi connectivity index (χ0n) is 20.4. The number of carbonyl (C=O) groups is 1. The van der Waals surface area contributed by atoms with Crippen LogP contribution in [0.25, 0.3) is 10.4 Å². The van der Waals surface area contributed by atoms with E-state index in [1.54, 1.807) is 30.3 Å². The highest BCUT2D eigenvalue weighted by Gasteiger charge is 2.44. The predicted octanol–water partition coefficient (Wildman–Crippen LogP) is 2.12. The fraction of sp³-hybridized carbons (Fsp3) is 0.500. The Balaban J connectivity index is 1.59. The molecular formula is C22H29ClN4O7S3. The summed E-state index contributed by atoms with van der Waals surface area (Å²) in [5, 5.41) is 0.563. The number of ether oxygens (including phenoxy) is 1. The van der Waals surface area contributed by atoms with Crippen LogP contribution in [0.4, 0.5) is 0 Å². The average molecular weight is 593 g/mol. The molecule has 2 unspecified atom stereocenters. The first-order valence-corrected chi connectivity index (χ1v) is 15.7. The highest BCUT2D eigenvalue weighted by atomic mass is 35.5. The smallest absolute Gasteiger partial charge is 0.281 e. The lowest BCUT2D eigenvalue weighted by Gasteiger charge is -2.39. The molecule has 2 fully saturated rings. The monoisotopic (exact) mass is 592 g/mol. The molecule has 2 aliphatic rings. The SMILES string of the molecule is CN(C)S(=O)(=O)N1CCN(S(=O)(=O)c2ccc(-c3ccc(Cl)cc3)s2)C(C(=O)NOC2CCCCO2)C1. The van der Waals surface area contributed by atoms with Crippen LogP contribution in [-0.2, 0) is 34.6 Å². The van der Waals surface area contributed by atoms with Crippen molar-refractivity contribution in [2.45, 2.75) is 35.8 Å². The second-order valence-electron chi connectivity index (χ2n) is 8.79. The van der Waals surface area contributed by atoms with Gasteiger partial charge in [0.25, 0.3) is 26.1 Å². The van der Waals surface area contributed by atoms with Gasteiger partial charge in [-0.2, -0.15) is 21.3 Å². The maximum Gasteiger partial charge on any atom is 0.281 e. The van der Waals surface area contributed by atoms with Gasteiger partial charge in [0.1, 0.15) is 10.3 Å². The molecule has 0 saturated carbocycles. The Morgan fingerprint density at radius 1 is 1.11 bits per heavy atom. The fourth-order valence-corrected chi connectivity index (χ4v) is 8.26. The number of thiophene rings is 1. The summed E-state index contributed by atoms with van der Waals surface area (Å²) in [6, 6.07) is 8.82. The van der Waals surface area contributed by atoms with Crippen LogP contribution >= 0.6 is 22.9 Å². The van der Waals surface area contributed by atoms with E-state index in [2.05, 4.69) is 5.48 Å². The van der Waals surface area contributed by atoms with Gasteiger partial charge in [-0.15, -0.1) is 11.3 Å². The molecule has 2 aliphatic heterocycles. The van der Waals surface area contributed by atoms with E-state index in [4.69, 9.17) is 21.2 Å². The van der Waals surface area contributed by atoms with Crippen LogP contribution in [0.2, 0.25) is 5.02 Å². The van der Waals surface area contributed by atoms with Crippen molar-refractivity contribution < 1.29 is 31.2 Å². The Hall–Kier alpha value is -1.62. The number of rotatable bonds is 8. The standard InChI is InChI=1S/C22H29ClN4O7S3/c1-25(2)37(31,32)26-12-13-27(18(15-26)22(28)24-34-20-5-3-4-14-33-20)36(29,30)21-11-10-19(35-21)16-6-8-17(23)9-7-16/h6-11,18,20H,3-5,12-15H2,1-2H3,(H,24,28). The van der Waals surface area contributed by atoms with Crippen LogP contribution in [0.1, 0.15) is 19.3 Å².